The molecule has 2 aliphatic rings. The summed E-state index contributed by atoms with van der Waals surface area (Å²) in [5, 5.41) is 10.6. The zero-order chi connectivity index (χ0) is 17.4. The van der Waals surface area contributed by atoms with Gasteiger partial charge in [0.05, 0.1) is 6.42 Å². The smallest absolute Gasteiger partial charge is 0.331 e. The highest BCUT2D eigenvalue weighted by molar-refractivity contribution is 8.14. The van der Waals surface area contributed by atoms with Gasteiger partial charge in [0.1, 0.15) is 11.4 Å². The standard InChI is InChI=1S/C16H14N2O5S/c1-8-12(15(21)22)18-13(20)11(14(18)24-16(8)23)17-10(19)7-9-5-3-2-4-6-9/h2-6,11-12,14H,1,7H2,(H,17,19)(H,21,22)/t11-,12-,14-/m1/s1. The molecule has 1 aromatic carbocycles. The molecule has 0 bridgehead atoms. The molecular weight excluding hydrogens is 332 g/mol. The van der Waals surface area contributed by atoms with E-state index >= 15 is 0 Å². The van der Waals surface area contributed by atoms with Crippen LogP contribution in [0.2, 0.25) is 0 Å². The average molecular weight is 346 g/mol. The summed E-state index contributed by atoms with van der Waals surface area (Å²) in [5.74, 6) is -2.18. The van der Waals surface area contributed by atoms with Crippen molar-refractivity contribution in [3.05, 3.63) is 48.0 Å². The van der Waals surface area contributed by atoms with E-state index in [2.05, 4.69) is 11.9 Å². The minimum absolute atomic E-state index is 0.102. The summed E-state index contributed by atoms with van der Waals surface area (Å²) in [5.41, 5.74) is 0.661. The van der Waals surface area contributed by atoms with Crippen LogP contribution in [-0.2, 0) is 25.6 Å². The van der Waals surface area contributed by atoms with Gasteiger partial charge in [-0.3, -0.25) is 14.4 Å². The Bertz CT molecular complexity index is 748. The van der Waals surface area contributed by atoms with E-state index in [1.807, 2.05) is 6.07 Å². The Labute approximate surface area is 141 Å². The lowest BCUT2D eigenvalue weighted by atomic mass is 9.98. The third kappa shape index (κ3) is 2.69. The van der Waals surface area contributed by atoms with Gasteiger partial charge in [0, 0.05) is 5.57 Å². The van der Waals surface area contributed by atoms with Crippen molar-refractivity contribution in [1.82, 2.24) is 10.2 Å². The van der Waals surface area contributed by atoms with Crippen molar-refractivity contribution in [2.45, 2.75) is 23.9 Å². The van der Waals surface area contributed by atoms with E-state index in [4.69, 9.17) is 0 Å². The normalized spacial score (nSPS) is 25.8. The number of carboxylic acid groups (broad SMARTS) is 1. The molecule has 1 aromatic rings. The number of carbonyl (C=O) groups is 4. The van der Waals surface area contributed by atoms with Gasteiger partial charge in [-0.2, -0.15) is 0 Å². The number of carboxylic acids is 1. The van der Waals surface area contributed by atoms with Crippen LogP contribution in [0.4, 0.5) is 0 Å². The minimum Gasteiger partial charge on any atom is -0.479 e. The molecule has 2 heterocycles. The molecule has 0 aliphatic carbocycles. The first kappa shape index (κ1) is 16.3. The number of aliphatic carboxylic acids is 1. The lowest BCUT2D eigenvalue weighted by molar-refractivity contribution is -0.160. The fourth-order valence-electron chi connectivity index (χ4n) is 2.76. The third-order valence-electron chi connectivity index (χ3n) is 3.94. The molecule has 2 fully saturated rings. The molecule has 24 heavy (non-hydrogen) atoms. The van der Waals surface area contributed by atoms with Gasteiger partial charge in [0.2, 0.25) is 16.9 Å². The molecule has 2 aliphatic heterocycles. The Kier molecular flexibility index (Phi) is 4.15. The zero-order valence-electron chi connectivity index (χ0n) is 12.5. The van der Waals surface area contributed by atoms with Gasteiger partial charge < -0.3 is 15.3 Å². The fraction of sp³-hybridized carbons (Fsp3) is 0.250. The monoisotopic (exact) mass is 346 g/mol. The maximum absolute atomic E-state index is 12.2. The van der Waals surface area contributed by atoms with Gasteiger partial charge >= 0.3 is 5.97 Å². The second-order valence-electron chi connectivity index (χ2n) is 5.51. The van der Waals surface area contributed by atoms with Gasteiger partial charge in [-0.25, -0.2) is 4.79 Å². The molecule has 2 N–H and O–H groups in total. The van der Waals surface area contributed by atoms with Crippen LogP contribution >= 0.6 is 11.8 Å². The maximum atomic E-state index is 12.2. The first-order valence-electron chi connectivity index (χ1n) is 7.18. The number of rotatable bonds is 4. The largest absolute Gasteiger partial charge is 0.479 e. The number of nitrogens with zero attached hydrogens (tertiary/aromatic N) is 1. The van der Waals surface area contributed by atoms with Crippen LogP contribution in [-0.4, -0.2) is 50.4 Å². The summed E-state index contributed by atoms with van der Waals surface area (Å²) >= 11 is 0.814. The van der Waals surface area contributed by atoms with Crippen molar-refractivity contribution in [3.8, 4) is 0 Å². The lowest BCUT2D eigenvalue weighted by Gasteiger charge is -2.51. The summed E-state index contributed by atoms with van der Waals surface area (Å²) < 4.78 is 0. The number of hydrogen-bond donors (Lipinski definition) is 2. The predicted molar refractivity (Wildman–Crippen MR) is 85.9 cm³/mol. The molecule has 3 atom stereocenters. The Hall–Kier alpha value is -2.61. The summed E-state index contributed by atoms with van der Waals surface area (Å²) in [6.45, 7) is 3.46. The van der Waals surface area contributed by atoms with Crippen LogP contribution in [0.1, 0.15) is 5.56 Å². The Morgan fingerprint density at radius 1 is 1.25 bits per heavy atom. The van der Waals surface area contributed by atoms with Crippen molar-refractivity contribution < 1.29 is 24.3 Å². The zero-order valence-corrected chi connectivity index (χ0v) is 13.3. The van der Waals surface area contributed by atoms with E-state index in [9.17, 15) is 24.3 Å². The van der Waals surface area contributed by atoms with Crippen LogP contribution in [0.25, 0.3) is 0 Å². The molecular formula is C16H14N2O5S. The van der Waals surface area contributed by atoms with Gasteiger partial charge in [0.25, 0.3) is 0 Å². The number of carbonyl (C=O) groups excluding carboxylic acids is 3. The molecule has 3 rings (SSSR count). The summed E-state index contributed by atoms with van der Waals surface area (Å²) in [7, 11) is 0. The number of amides is 2. The van der Waals surface area contributed by atoms with E-state index in [0.29, 0.717) is 0 Å². The second kappa shape index (κ2) is 6.12. The number of fused-ring (bicyclic) bond motifs is 1. The van der Waals surface area contributed by atoms with E-state index < -0.39 is 34.4 Å². The maximum Gasteiger partial charge on any atom is 0.331 e. The first-order valence-corrected chi connectivity index (χ1v) is 8.06. The number of thioether (sulfide) groups is 1. The van der Waals surface area contributed by atoms with Gasteiger partial charge in [-0.15, -0.1) is 0 Å². The summed E-state index contributed by atoms with van der Waals surface area (Å²) in [6, 6.07) is 6.76. The topological polar surface area (TPSA) is 104 Å². The number of hydrogen-bond acceptors (Lipinski definition) is 5. The summed E-state index contributed by atoms with van der Waals surface area (Å²) in [4.78, 5) is 48.6. The minimum atomic E-state index is -1.36. The van der Waals surface area contributed by atoms with Crippen molar-refractivity contribution in [2.24, 2.45) is 0 Å². The average Bonchev–Trinajstić information content (AvgIpc) is 2.55. The van der Waals surface area contributed by atoms with Crippen molar-refractivity contribution >= 4 is 34.7 Å². The van der Waals surface area contributed by atoms with Crippen molar-refractivity contribution in [1.29, 1.82) is 0 Å². The Morgan fingerprint density at radius 3 is 2.54 bits per heavy atom. The highest BCUT2D eigenvalue weighted by Gasteiger charge is 2.58. The molecule has 8 heteroatoms. The van der Waals surface area contributed by atoms with E-state index in [1.165, 1.54) is 0 Å². The molecule has 124 valence electrons. The molecule has 0 unspecified atom stereocenters. The molecule has 0 aromatic heterocycles. The molecule has 2 amide bonds. The number of benzene rings is 1. The van der Waals surface area contributed by atoms with Crippen LogP contribution < -0.4 is 5.32 Å². The van der Waals surface area contributed by atoms with Gasteiger partial charge in [-0.1, -0.05) is 48.7 Å². The van der Waals surface area contributed by atoms with Crippen molar-refractivity contribution in [3.63, 3.8) is 0 Å². The molecule has 0 radical (unpaired) electrons. The number of β-lactam (4-membered cyclic amide) rings is 1. The molecule has 7 nitrogen and oxygen atoms in total. The summed E-state index contributed by atoms with van der Waals surface area (Å²) in [6.07, 6.45) is 0.102. The van der Waals surface area contributed by atoms with Crippen LogP contribution in [0.5, 0.6) is 0 Å². The van der Waals surface area contributed by atoms with Crippen LogP contribution in [0, 0.1) is 0 Å². The highest BCUT2D eigenvalue weighted by Crippen LogP contribution is 2.40. The lowest BCUT2D eigenvalue weighted by Crippen LogP contribution is -2.75. The quantitative estimate of drug-likeness (QED) is 0.595. The van der Waals surface area contributed by atoms with E-state index in [0.717, 1.165) is 22.2 Å². The molecule has 2 saturated heterocycles. The SMILES string of the molecule is C=C1C(=O)S[C@@H]2[C@H](NC(=O)Cc3ccccc3)C(=O)N2[C@H]1C(=O)O. The van der Waals surface area contributed by atoms with Crippen molar-refractivity contribution in [2.75, 3.05) is 0 Å². The van der Waals surface area contributed by atoms with E-state index in [-0.39, 0.29) is 17.9 Å². The van der Waals surface area contributed by atoms with Gasteiger partial charge in [0.15, 0.2) is 6.04 Å². The highest BCUT2D eigenvalue weighted by atomic mass is 32.2. The van der Waals surface area contributed by atoms with Crippen LogP contribution in [0.3, 0.4) is 0 Å². The second-order valence-corrected chi connectivity index (χ2v) is 6.60. The van der Waals surface area contributed by atoms with Gasteiger partial charge in [-0.05, 0) is 5.56 Å². The third-order valence-corrected chi connectivity index (χ3v) is 5.15. The Morgan fingerprint density at radius 2 is 1.92 bits per heavy atom. The predicted octanol–water partition coefficient (Wildman–Crippen LogP) is 0.165. The number of nitrogens with one attached hydrogen (secondary N) is 1. The first-order chi connectivity index (χ1) is 11.4. The molecule has 0 saturated carbocycles. The Balaban J connectivity index is 1.70. The molecule has 0 spiro atoms. The fourth-order valence-corrected chi connectivity index (χ4v) is 3.90. The van der Waals surface area contributed by atoms with E-state index in [1.54, 1.807) is 24.3 Å². The van der Waals surface area contributed by atoms with Crippen LogP contribution in [0.15, 0.2) is 42.5 Å².